The van der Waals surface area contributed by atoms with E-state index in [9.17, 15) is 23.2 Å². The first-order chi connectivity index (χ1) is 14.3. The first-order valence-corrected chi connectivity index (χ1v) is 10.2. The molecule has 4 rings (SSSR count). The Morgan fingerprint density at radius 2 is 1.52 bits per heavy atom. The molecule has 1 heterocycles. The van der Waals surface area contributed by atoms with Crippen LogP contribution in [0.5, 0.6) is 11.6 Å². The average Bonchev–Trinajstić information content (AvgIpc) is 3.00. The Morgan fingerprint density at radius 3 is 2.16 bits per heavy atom. The maximum atomic E-state index is 12.7. The van der Waals surface area contributed by atoms with Gasteiger partial charge in [-0.1, -0.05) is 48.2 Å². The summed E-state index contributed by atoms with van der Waals surface area (Å²) in [6.45, 7) is 1.59. The normalized spacial score (nSPS) is 11.7. The number of para-hydroxylation sites is 1. The third-order valence-corrected chi connectivity index (χ3v) is 5.35. The molecular weight excluding hydrogens is 460 g/mol. The second-order valence-corrected chi connectivity index (χ2v) is 7.82. The number of rotatable bonds is 4. The number of nitrogens with zero attached hydrogens (tertiary/aromatic N) is 4. The van der Waals surface area contributed by atoms with Gasteiger partial charge in [0, 0.05) is 16.7 Å². The van der Waals surface area contributed by atoms with Crippen LogP contribution in [-0.2, 0) is 27.5 Å². The van der Waals surface area contributed by atoms with Crippen LogP contribution in [0.2, 0.25) is 0 Å². The van der Waals surface area contributed by atoms with Crippen LogP contribution in [0.3, 0.4) is 0 Å². The number of hydrogen-bond donors (Lipinski definition) is 1. The zero-order chi connectivity index (χ0) is 21.5. The van der Waals surface area contributed by atoms with Gasteiger partial charge in [0.15, 0.2) is 0 Å². The number of hydrogen-bond acceptors (Lipinski definition) is 7. The molecule has 0 spiro atoms. The number of benzene rings is 3. The summed E-state index contributed by atoms with van der Waals surface area (Å²) < 4.78 is 33.9. The summed E-state index contributed by atoms with van der Waals surface area (Å²) in [4.78, 5) is -0.514. The van der Waals surface area contributed by atoms with Crippen LogP contribution < -0.4 is 10.2 Å². The molecule has 9 nitrogen and oxygen atoms in total. The zero-order valence-corrected chi connectivity index (χ0v) is 18.1. The molecule has 31 heavy (non-hydrogen) atoms. The molecule has 0 bridgehead atoms. The van der Waals surface area contributed by atoms with E-state index in [0.717, 1.165) is 6.07 Å². The Balaban J connectivity index is 0.00000272. The van der Waals surface area contributed by atoms with Crippen molar-refractivity contribution in [2.45, 2.75) is 11.8 Å². The largest absolute Gasteiger partial charge is 3.00 e. The average molecular weight is 474 g/mol. The van der Waals surface area contributed by atoms with E-state index < -0.39 is 26.6 Å². The maximum absolute atomic E-state index is 12.7. The van der Waals surface area contributed by atoms with Crippen LogP contribution in [0, 0.1) is 6.92 Å². The van der Waals surface area contributed by atoms with Crippen LogP contribution in [0.4, 0.5) is 11.4 Å². The van der Waals surface area contributed by atoms with Crippen LogP contribution in [-0.4, -0.2) is 22.8 Å². The molecule has 4 aromatic rings. The SMILES string of the molecule is Cc1nn(-c2ccccc2)c([O-])c1N=Nc1c([O-])cc(S(=O)(=O)O)c2ccccc12.[Cr+3]. The van der Waals surface area contributed by atoms with E-state index >= 15 is 0 Å². The minimum atomic E-state index is -4.61. The van der Waals surface area contributed by atoms with E-state index in [4.69, 9.17) is 0 Å². The molecular formula is C20H14CrN4O5S+. The Hall–Kier alpha value is -3.23. The minimum absolute atomic E-state index is 0. The van der Waals surface area contributed by atoms with Crippen molar-refractivity contribution in [1.29, 1.82) is 0 Å². The molecule has 1 N–H and O–H groups in total. The van der Waals surface area contributed by atoms with Crippen molar-refractivity contribution in [3.8, 4) is 17.3 Å². The van der Waals surface area contributed by atoms with E-state index in [1.807, 2.05) is 6.07 Å². The molecule has 3 aromatic carbocycles. The minimum Gasteiger partial charge on any atom is -0.871 e. The quantitative estimate of drug-likeness (QED) is 0.356. The van der Waals surface area contributed by atoms with Crippen LogP contribution in [0.15, 0.2) is 75.8 Å². The fourth-order valence-corrected chi connectivity index (χ4v) is 3.79. The van der Waals surface area contributed by atoms with Crippen molar-refractivity contribution in [2.75, 3.05) is 0 Å². The Morgan fingerprint density at radius 1 is 0.935 bits per heavy atom. The number of fused-ring (bicyclic) bond motifs is 1. The Kier molecular flexibility index (Phi) is 6.15. The van der Waals surface area contributed by atoms with Crippen LogP contribution in [0.1, 0.15) is 5.69 Å². The van der Waals surface area contributed by atoms with E-state index in [1.54, 1.807) is 43.3 Å². The van der Waals surface area contributed by atoms with Gasteiger partial charge in [-0.25, -0.2) is 4.68 Å². The molecule has 0 saturated heterocycles. The van der Waals surface area contributed by atoms with E-state index in [-0.39, 0.29) is 39.5 Å². The van der Waals surface area contributed by atoms with Gasteiger partial charge < -0.3 is 10.2 Å². The smallest absolute Gasteiger partial charge is 0.871 e. The Labute approximate surface area is 188 Å². The topological polar surface area (TPSA) is 143 Å². The molecule has 0 aliphatic carbocycles. The first-order valence-electron chi connectivity index (χ1n) is 8.71. The van der Waals surface area contributed by atoms with Gasteiger partial charge in [0.1, 0.15) is 10.6 Å². The van der Waals surface area contributed by atoms with Gasteiger partial charge in [0.25, 0.3) is 10.1 Å². The molecule has 1 aromatic heterocycles. The van der Waals surface area contributed by atoms with Gasteiger partial charge >= 0.3 is 17.4 Å². The van der Waals surface area contributed by atoms with Crippen molar-refractivity contribution >= 4 is 32.3 Å². The number of aryl methyl sites for hydroxylation is 1. The van der Waals surface area contributed by atoms with Gasteiger partial charge in [-0.05, 0) is 25.1 Å². The second kappa shape index (κ2) is 8.49. The van der Waals surface area contributed by atoms with Crippen molar-refractivity contribution < 1.29 is 40.5 Å². The molecule has 155 valence electrons. The van der Waals surface area contributed by atoms with Crippen LogP contribution in [0.25, 0.3) is 16.5 Å². The van der Waals surface area contributed by atoms with Crippen molar-refractivity contribution in [3.05, 3.63) is 66.4 Å². The van der Waals surface area contributed by atoms with E-state index in [1.165, 1.54) is 16.8 Å². The Bertz CT molecular complexity index is 1400. The molecule has 0 aliphatic heterocycles. The van der Waals surface area contributed by atoms with E-state index in [0.29, 0.717) is 11.4 Å². The molecule has 11 heteroatoms. The molecule has 0 amide bonds. The maximum Gasteiger partial charge on any atom is 3.00 e. The van der Waals surface area contributed by atoms with Gasteiger partial charge in [-0.2, -0.15) is 18.6 Å². The summed E-state index contributed by atoms with van der Waals surface area (Å²) in [6, 6.07) is 15.6. The van der Waals surface area contributed by atoms with E-state index in [2.05, 4.69) is 15.3 Å². The fourth-order valence-electron chi connectivity index (χ4n) is 3.08. The molecule has 0 fully saturated rings. The van der Waals surface area contributed by atoms with Gasteiger partial charge in [0.05, 0.1) is 17.1 Å². The predicted molar refractivity (Wildman–Crippen MR) is 105 cm³/mol. The second-order valence-electron chi connectivity index (χ2n) is 6.43. The molecule has 0 unspecified atom stereocenters. The monoisotopic (exact) mass is 474 g/mol. The predicted octanol–water partition coefficient (Wildman–Crippen LogP) is 3.14. The summed E-state index contributed by atoms with van der Waals surface area (Å²) in [5, 5.41) is 37.6. The number of aromatic nitrogens is 2. The van der Waals surface area contributed by atoms with Gasteiger partial charge in [-0.3, -0.25) is 4.55 Å². The van der Waals surface area contributed by atoms with Gasteiger partial charge in [-0.15, -0.1) is 5.11 Å². The third kappa shape index (κ3) is 4.17. The molecule has 1 radical (unpaired) electrons. The van der Waals surface area contributed by atoms with Crippen LogP contribution >= 0.6 is 0 Å². The third-order valence-electron chi connectivity index (χ3n) is 4.46. The molecule has 0 saturated carbocycles. The summed E-state index contributed by atoms with van der Waals surface area (Å²) in [6.07, 6.45) is 0. The van der Waals surface area contributed by atoms with Crippen molar-refractivity contribution in [1.82, 2.24) is 9.78 Å². The number of azo groups is 1. The first kappa shape index (κ1) is 22.5. The standard InChI is InChI=1S/C20H16N4O5S.Cr/c1-12-18(20(26)24(23-12)13-7-3-2-4-8-13)21-22-19-15-10-6-5-9-14(15)17(11-16(19)25)30(27,28)29;/h2-11,25-26H,1H3,(H,27,28,29);/q;+3/p-2. The summed E-state index contributed by atoms with van der Waals surface area (Å²) in [5.41, 5.74) is 0.684. The zero-order valence-electron chi connectivity index (χ0n) is 16.0. The molecule has 0 aliphatic rings. The fraction of sp³-hybridized carbons (Fsp3) is 0.0500. The summed E-state index contributed by atoms with van der Waals surface area (Å²) in [5.74, 6) is -1.26. The molecule has 0 atom stereocenters. The summed E-state index contributed by atoms with van der Waals surface area (Å²) >= 11 is 0. The van der Waals surface area contributed by atoms with Crippen molar-refractivity contribution in [2.24, 2.45) is 10.2 Å². The van der Waals surface area contributed by atoms with Gasteiger partial charge in [0.2, 0.25) is 0 Å². The van der Waals surface area contributed by atoms with Crippen molar-refractivity contribution in [3.63, 3.8) is 0 Å². The summed E-state index contributed by atoms with van der Waals surface area (Å²) in [7, 11) is -4.61.